The van der Waals surface area contributed by atoms with Crippen LogP contribution in [-0.4, -0.2) is 31.7 Å². The molecule has 0 radical (unpaired) electrons. The quantitative estimate of drug-likeness (QED) is 0.710. The maximum atomic E-state index is 11.9. The summed E-state index contributed by atoms with van der Waals surface area (Å²) in [5.74, 6) is 0.250. The number of carbonyl (C=O) groups is 1. The summed E-state index contributed by atoms with van der Waals surface area (Å²) in [6.07, 6.45) is 3.27. The van der Waals surface area contributed by atoms with E-state index in [4.69, 9.17) is 10.5 Å². The van der Waals surface area contributed by atoms with E-state index in [1.807, 2.05) is 13.8 Å². The van der Waals surface area contributed by atoms with Crippen molar-refractivity contribution in [3.63, 3.8) is 0 Å². The molecule has 0 saturated heterocycles. The summed E-state index contributed by atoms with van der Waals surface area (Å²) in [5.41, 5.74) is 5.50. The van der Waals surface area contributed by atoms with Crippen molar-refractivity contribution < 1.29 is 9.53 Å². The third kappa shape index (κ3) is 2.95. The summed E-state index contributed by atoms with van der Waals surface area (Å²) >= 11 is 0. The molecular weight excluding hydrogens is 204 g/mol. The molecule has 3 N–H and O–H groups in total. The third-order valence-corrected chi connectivity index (χ3v) is 3.68. The molecule has 0 aliphatic heterocycles. The van der Waals surface area contributed by atoms with Gasteiger partial charge in [-0.1, -0.05) is 13.8 Å². The van der Waals surface area contributed by atoms with Gasteiger partial charge >= 0.3 is 0 Å². The zero-order valence-electron chi connectivity index (χ0n) is 10.6. The van der Waals surface area contributed by atoms with Crippen LogP contribution in [0.5, 0.6) is 0 Å². The van der Waals surface area contributed by atoms with Gasteiger partial charge in [-0.05, 0) is 25.2 Å². The minimum Gasteiger partial charge on any atom is -0.376 e. The van der Waals surface area contributed by atoms with E-state index >= 15 is 0 Å². The lowest BCUT2D eigenvalue weighted by Gasteiger charge is -2.40. The third-order valence-electron chi connectivity index (χ3n) is 3.68. The van der Waals surface area contributed by atoms with E-state index < -0.39 is 0 Å². The predicted molar refractivity (Wildman–Crippen MR) is 64.0 cm³/mol. The number of nitrogens with two attached hydrogens (primary N) is 1. The van der Waals surface area contributed by atoms with E-state index in [0.29, 0.717) is 13.1 Å². The Hall–Kier alpha value is -0.610. The first-order chi connectivity index (χ1) is 7.54. The Balaban J connectivity index is 2.39. The monoisotopic (exact) mass is 228 g/mol. The van der Waals surface area contributed by atoms with Crippen LogP contribution in [0.3, 0.4) is 0 Å². The van der Waals surface area contributed by atoms with Gasteiger partial charge in [0, 0.05) is 20.2 Å². The molecule has 1 unspecified atom stereocenters. The summed E-state index contributed by atoms with van der Waals surface area (Å²) in [7, 11) is 1.72. The number of nitrogens with one attached hydrogen (secondary N) is 1. The summed E-state index contributed by atoms with van der Waals surface area (Å²) in [5, 5.41) is 2.96. The van der Waals surface area contributed by atoms with E-state index in [2.05, 4.69) is 5.32 Å². The van der Waals surface area contributed by atoms with Crippen molar-refractivity contribution in [3.8, 4) is 0 Å². The van der Waals surface area contributed by atoms with Crippen LogP contribution in [0.2, 0.25) is 0 Å². The molecule has 0 heterocycles. The Morgan fingerprint density at radius 1 is 1.50 bits per heavy atom. The van der Waals surface area contributed by atoms with Crippen molar-refractivity contribution in [2.45, 2.75) is 38.7 Å². The Morgan fingerprint density at radius 2 is 2.12 bits per heavy atom. The number of methoxy groups -OCH3 is 1. The number of hydrogen-bond acceptors (Lipinski definition) is 3. The van der Waals surface area contributed by atoms with Gasteiger partial charge in [0.05, 0.1) is 11.5 Å². The Morgan fingerprint density at radius 3 is 2.44 bits per heavy atom. The van der Waals surface area contributed by atoms with Crippen LogP contribution in [0.4, 0.5) is 0 Å². The van der Waals surface area contributed by atoms with E-state index in [1.165, 1.54) is 6.42 Å². The molecule has 1 aliphatic rings. The van der Waals surface area contributed by atoms with Crippen molar-refractivity contribution in [3.05, 3.63) is 0 Å². The molecule has 0 aromatic rings. The average molecular weight is 228 g/mol. The smallest absolute Gasteiger partial charge is 0.224 e. The van der Waals surface area contributed by atoms with Crippen LogP contribution in [0, 0.1) is 11.8 Å². The van der Waals surface area contributed by atoms with Gasteiger partial charge in [-0.25, -0.2) is 0 Å². The molecule has 1 amide bonds. The van der Waals surface area contributed by atoms with Crippen molar-refractivity contribution in [2.24, 2.45) is 17.6 Å². The molecule has 0 aromatic carbocycles. The number of carbonyl (C=O) groups excluding carboxylic acids is 1. The Labute approximate surface area is 97.9 Å². The molecule has 1 saturated carbocycles. The van der Waals surface area contributed by atoms with Gasteiger partial charge in [0.15, 0.2) is 0 Å². The van der Waals surface area contributed by atoms with Gasteiger partial charge in [0.1, 0.15) is 0 Å². The molecule has 16 heavy (non-hydrogen) atoms. The predicted octanol–water partition coefficient (Wildman–Crippen LogP) is 0.903. The van der Waals surface area contributed by atoms with Crippen LogP contribution in [0.25, 0.3) is 0 Å². The van der Waals surface area contributed by atoms with Crippen LogP contribution >= 0.6 is 0 Å². The average Bonchev–Trinajstić information content (AvgIpc) is 2.17. The molecule has 0 spiro atoms. The fourth-order valence-corrected chi connectivity index (χ4v) is 2.09. The first-order valence-corrected chi connectivity index (χ1v) is 6.07. The normalized spacial score (nSPS) is 20.3. The van der Waals surface area contributed by atoms with Gasteiger partial charge in [-0.15, -0.1) is 0 Å². The van der Waals surface area contributed by atoms with Crippen molar-refractivity contribution >= 4 is 5.91 Å². The minimum absolute atomic E-state index is 0.0563. The zero-order valence-corrected chi connectivity index (χ0v) is 10.6. The highest BCUT2D eigenvalue weighted by atomic mass is 16.5. The molecular formula is C12H24N2O2. The summed E-state index contributed by atoms with van der Waals surface area (Å²) < 4.78 is 5.45. The largest absolute Gasteiger partial charge is 0.376 e. The van der Waals surface area contributed by atoms with Gasteiger partial charge in [0.2, 0.25) is 5.91 Å². The van der Waals surface area contributed by atoms with E-state index in [9.17, 15) is 4.79 Å². The van der Waals surface area contributed by atoms with E-state index in [-0.39, 0.29) is 23.3 Å². The number of hydrogen-bond donors (Lipinski definition) is 2. The fourth-order valence-electron chi connectivity index (χ4n) is 2.09. The summed E-state index contributed by atoms with van der Waals surface area (Å²) in [6.45, 7) is 5.06. The molecule has 0 bridgehead atoms. The lowest BCUT2D eigenvalue weighted by molar-refractivity contribution is -0.129. The molecule has 4 heteroatoms. The van der Waals surface area contributed by atoms with Gasteiger partial charge in [-0.2, -0.15) is 0 Å². The molecule has 0 aromatic heterocycles. The Bertz CT molecular complexity index is 232. The van der Waals surface area contributed by atoms with Gasteiger partial charge in [0.25, 0.3) is 0 Å². The second-order valence-electron chi connectivity index (χ2n) is 5.04. The second kappa shape index (κ2) is 5.64. The van der Waals surface area contributed by atoms with Gasteiger partial charge < -0.3 is 15.8 Å². The summed E-state index contributed by atoms with van der Waals surface area (Å²) in [6, 6.07) is 0. The van der Waals surface area contributed by atoms with Crippen LogP contribution < -0.4 is 11.1 Å². The van der Waals surface area contributed by atoms with Crippen molar-refractivity contribution in [2.75, 3.05) is 20.2 Å². The van der Waals surface area contributed by atoms with Crippen LogP contribution in [-0.2, 0) is 9.53 Å². The lowest BCUT2D eigenvalue weighted by atomic mass is 9.80. The molecule has 4 nitrogen and oxygen atoms in total. The standard InChI is InChI=1S/C12H24N2O2/c1-9(2)10(7-13)11(15)14-8-12(16-3)5-4-6-12/h9-10H,4-8,13H2,1-3H3,(H,14,15). The topological polar surface area (TPSA) is 64.3 Å². The number of amides is 1. The molecule has 1 atom stereocenters. The number of rotatable bonds is 6. The SMILES string of the molecule is COC1(CNC(=O)C(CN)C(C)C)CCC1. The van der Waals surface area contributed by atoms with E-state index in [0.717, 1.165) is 12.8 Å². The molecule has 1 rings (SSSR count). The second-order valence-corrected chi connectivity index (χ2v) is 5.04. The molecule has 1 aliphatic carbocycles. The Kier molecular flexibility index (Phi) is 4.74. The lowest BCUT2D eigenvalue weighted by Crippen LogP contribution is -2.51. The first kappa shape index (κ1) is 13.5. The highest BCUT2D eigenvalue weighted by Gasteiger charge is 2.37. The maximum Gasteiger partial charge on any atom is 0.224 e. The molecule has 1 fully saturated rings. The highest BCUT2D eigenvalue weighted by Crippen LogP contribution is 2.34. The minimum atomic E-state index is -0.105. The maximum absolute atomic E-state index is 11.9. The van der Waals surface area contributed by atoms with E-state index in [1.54, 1.807) is 7.11 Å². The number of ether oxygens (including phenoxy) is 1. The van der Waals surface area contributed by atoms with Crippen LogP contribution in [0.1, 0.15) is 33.1 Å². The summed E-state index contributed by atoms with van der Waals surface area (Å²) in [4.78, 5) is 11.9. The fraction of sp³-hybridized carbons (Fsp3) is 0.917. The zero-order chi connectivity index (χ0) is 12.2. The van der Waals surface area contributed by atoms with Crippen molar-refractivity contribution in [1.82, 2.24) is 5.32 Å². The first-order valence-electron chi connectivity index (χ1n) is 6.07. The highest BCUT2D eigenvalue weighted by molar-refractivity contribution is 5.79. The van der Waals surface area contributed by atoms with Gasteiger partial charge in [-0.3, -0.25) is 4.79 Å². The van der Waals surface area contributed by atoms with Crippen molar-refractivity contribution in [1.29, 1.82) is 0 Å². The van der Waals surface area contributed by atoms with Crippen LogP contribution in [0.15, 0.2) is 0 Å². The molecule has 94 valence electrons.